The summed E-state index contributed by atoms with van der Waals surface area (Å²) >= 11 is 0. The fourth-order valence-corrected chi connectivity index (χ4v) is 2.23. The van der Waals surface area contributed by atoms with Gasteiger partial charge in [-0.2, -0.15) is 0 Å². The van der Waals surface area contributed by atoms with Crippen molar-refractivity contribution in [3.8, 4) is 11.4 Å². The average Bonchev–Trinajstić information content (AvgIpc) is 2.27. The van der Waals surface area contributed by atoms with E-state index in [9.17, 15) is 0 Å². The summed E-state index contributed by atoms with van der Waals surface area (Å²) < 4.78 is 0. The molecule has 0 aliphatic rings. The number of nitrogen functional groups attached to an aromatic ring is 1. The van der Waals surface area contributed by atoms with Gasteiger partial charge < -0.3 is 11.5 Å². The fourth-order valence-electron chi connectivity index (χ4n) is 2.23. The van der Waals surface area contributed by atoms with Gasteiger partial charge >= 0.3 is 0 Å². The van der Waals surface area contributed by atoms with Crippen LogP contribution in [0.3, 0.4) is 0 Å². The Morgan fingerprint density at radius 3 is 2.22 bits per heavy atom. The lowest BCUT2D eigenvalue weighted by Crippen LogP contribution is -2.06. The van der Waals surface area contributed by atoms with Crippen LogP contribution >= 0.6 is 0 Å². The molecule has 0 unspecified atom stereocenters. The molecule has 0 fully saturated rings. The number of hydrogen-bond donors (Lipinski definition) is 2. The Kier molecular flexibility index (Phi) is 3.30. The third-order valence-corrected chi connectivity index (χ3v) is 3.02. The van der Waals surface area contributed by atoms with Gasteiger partial charge in [0.2, 0.25) is 0 Å². The number of benzene rings is 1. The van der Waals surface area contributed by atoms with E-state index >= 15 is 0 Å². The van der Waals surface area contributed by atoms with Crippen LogP contribution in [0.15, 0.2) is 18.3 Å². The van der Waals surface area contributed by atoms with Gasteiger partial charge in [-0.3, -0.25) is 0 Å². The van der Waals surface area contributed by atoms with Crippen molar-refractivity contribution in [3.05, 3.63) is 40.6 Å². The molecule has 4 nitrogen and oxygen atoms in total. The summed E-state index contributed by atoms with van der Waals surface area (Å²) in [4.78, 5) is 8.71. The zero-order valence-electron chi connectivity index (χ0n) is 11.0. The quantitative estimate of drug-likeness (QED) is 0.845. The van der Waals surface area contributed by atoms with Crippen molar-refractivity contribution in [2.45, 2.75) is 27.3 Å². The summed E-state index contributed by atoms with van der Waals surface area (Å²) in [5.74, 6) is 1.13. The Balaban J connectivity index is 2.59. The van der Waals surface area contributed by atoms with E-state index in [0.29, 0.717) is 18.2 Å². The summed E-state index contributed by atoms with van der Waals surface area (Å²) in [5, 5.41) is 0. The van der Waals surface area contributed by atoms with Crippen LogP contribution in [0.25, 0.3) is 11.4 Å². The van der Waals surface area contributed by atoms with Gasteiger partial charge in [-0.25, -0.2) is 9.97 Å². The van der Waals surface area contributed by atoms with Crippen LogP contribution in [0, 0.1) is 20.8 Å². The minimum atomic E-state index is 0.359. The van der Waals surface area contributed by atoms with E-state index in [0.717, 1.165) is 22.3 Å². The minimum Gasteiger partial charge on any atom is -0.383 e. The van der Waals surface area contributed by atoms with Crippen LogP contribution in [0.1, 0.15) is 22.3 Å². The van der Waals surface area contributed by atoms with Gasteiger partial charge in [0.25, 0.3) is 0 Å². The van der Waals surface area contributed by atoms with E-state index in [4.69, 9.17) is 11.5 Å². The molecule has 0 atom stereocenters. The molecule has 0 bridgehead atoms. The molecule has 1 aromatic heterocycles. The molecule has 0 spiro atoms. The van der Waals surface area contributed by atoms with Crippen molar-refractivity contribution in [1.82, 2.24) is 9.97 Å². The highest BCUT2D eigenvalue weighted by Crippen LogP contribution is 2.26. The highest BCUT2D eigenvalue weighted by Gasteiger charge is 2.11. The van der Waals surface area contributed by atoms with Crippen LogP contribution in [0.2, 0.25) is 0 Å². The first-order valence-corrected chi connectivity index (χ1v) is 5.92. The predicted octanol–water partition coefficient (Wildman–Crippen LogP) is 2.11. The minimum absolute atomic E-state index is 0.359. The molecule has 4 heteroatoms. The number of anilines is 1. The van der Waals surface area contributed by atoms with Crippen LogP contribution in [-0.4, -0.2) is 9.97 Å². The Labute approximate surface area is 107 Å². The first-order chi connectivity index (χ1) is 8.52. The van der Waals surface area contributed by atoms with E-state index in [2.05, 4.69) is 42.9 Å². The van der Waals surface area contributed by atoms with E-state index in [-0.39, 0.29) is 0 Å². The second-order valence-electron chi connectivity index (χ2n) is 4.58. The van der Waals surface area contributed by atoms with E-state index in [1.54, 1.807) is 6.20 Å². The first kappa shape index (κ1) is 12.5. The molecule has 0 aliphatic heterocycles. The van der Waals surface area contributed by atoms with Gasteiger partial charge in [0.05, 0.1) is 0 Å². The number of aryl methyl sites for hydroxylation is 3. The van der Waals surface area contributed by atoms with Gasteiger partial charge in [-0.1, -0.05) is 17.7 Å². The molecule has 18 heavy (non-hydrogen) atoms. The molecule has 2 aromatic rings. The molecule has 0 saturated carbocycles. The zero-order chi connectivity index (χ0) is 13.3. The lowest BCUT2D eigenvalue weighted by atomic mass is 9.99. The maximum absolute atomic E-state index is 5.87. The molecule has 0 amide bonds. The topological polar surface area (TPSA) is 77.8 Å². The normalized spacial score (nSPS) is 10.7. The summed E-state index contributed by atoms with van der Waals surface area (Å²) in [6, 6.07) is 4.25. The second kappa shape index (κ2) is 4.74. The Morgan fingerprint density at radius 1 is 1.11 bits per heavy atom. The third-order valence-electron chi connectivity index (χ3n) is 3.02. The van der Waals surface area contributed by atoms with Crippen LogP contribution < -0.4 is 11.5 Å². The zero-order valence-corrected chi connectivity index (χ0v) is 11.0. The molecule has 0 radical (unpaired) electrons. The Bertz CT molecular complexity index is 567. The Morgan fingerprint density at radius 2 is 1.72 bits per heavy atom. The van der Waals surface area contributed by atoms with Crippen LogP contribution in [0.5, 0.6) is 0 Å². The van der Waals surface area contributed by atoms with Crippen molar-refractivity contribution in [1.29, 1.82) is 0 Å². The number of aromatic nitrogens is 2. The van der Waals surface area contributed by atoms with Gasteiger partial charge in [0, 0.05) is 23.9 Å². The van der Waals surface area contributed by atoms with Crippen LogP contribution in [0.4, 0.5) is 5.82 Å². The lowest BCUT2D eigenvalue weighted by molar-refractivity contribution is 1.02. The number of hydrogen-bond acceptors (Lipinski definition) is 4. The highest BCUT2D eigenvalue weighted by atomic mass is 14.9. The van der Waals surface area contributed by atoms with Gasteiger partial charge in [-0.15, -0.1) is 0 Å². The van der Waals surface area contributed by atoms with E-state index < -0.39 is 0 Å². The third kappa shape index (κ3) is 2.19. The average molecular weight is 242 g/mol. The standard InChI is InChI=1S/C14H18N4/c1-8-4-9(2)12(10(3)5-8)14-17-7-11(6-15)13(16)18-14/h4-5,7H,6,15H2,1-3H3,(H2,16,17,18). The summed E-state index contributed by atoms with van der Waals surface area (Å²) in [5.41, 5.74) is 16.8. The summed E-state index contributed by atoms with van der Waals surface area (Å²) in [6.07, 6.45) is 1.70. The monoisotopic (exact) mass is 242 g/mol. The largest absolute Gasteiger partial charge is 0.383 e. The molecular formula is C14H18N4. The van der Waals surface area contributed by atoms with Gasteiger partial charge in [0.15, 0.2) is 5.82 Å². The van der Waals surface area contributed by atoms with Crippen molar-refractivity contribution in [2.24, 2.45) is 5.73 Å². The molecular weight excluding hydrogens is 224 g/mol. The van der Waals surface area contributed by atoms with Gasteiger partial charge in [-0.05, 0) is 31.9 Å². The SMILES string of the molecule is Cc1cc(C)c(-c2ncc(CN)c(N)n2)c(C)c1. The van der Waals surface area contributed by atoms with Crippen molar-refractivity contribution in [2.75, 3.05) is 5.73 Å². The lowest BCUT2D eigenvalue weighted by Gasteiger charge is -2.11. The molecule has 1 aromatic carbocycles. The number of rotatable bonds is 2. The highest BCUT2D eigenvalue weighted by molar-refractivity contribution is 5.66. The smallest absolute Gasteiger partial charge is 0.162 e. The first-order valence-electron chi connectivity index (χ1n) is 5.92. The Hall–Kier alpha value is -1.94. The number of nitrogens with zero attached hydrogens (tertiary/aromatic N) is 2. The molecule has 1 heterocycles. The van der Waals surface area contributed by atoms with Crippen molar-refractivity contribution >= 4 is 5.82 Å². The van der Waals surface area contributed by atoms with E-state index in [1.807, 2.05) is 0 Å². The maximum atomic E-state index is 5.87. The van der Waals surface area contributed by atoms with E-state index in [1.165, 1.54) is 5.56 Å². The van der Waals surface area contributed by atoms with Gasteiger partial charge in [0.1, 0.15) is 5.82 Å². The maximum Gasteiger partial charge on any atom is 0.162 e. The molecule has 94 valence electrons. The molecule has 4 N–H and O–H groups in total. The molecule has 2 rings (SSSR count). The van der Waals surface area contributed by atoms with Crippen LogP contribution in [-0.2, 0) is 6.54 Å². The predicted molar refractivity (Wildman–Crippen MR) is 74.0 cm³/mol. The molecule has 0 aliphatic carbocycles. The second-order valence-corrected chi connectivity index (χ2v) is 4.58. The van der Waals surface area contributed by atoms with Crippen molar-refractivity contribution < 1.29 is 0 Å². The van der Waals surface area contributed by atoms with Crippen molar-refractivity contribution in [3.63, 3.8) is 0 Å². The number of nitrogens with two attached hydrogens (primary N) is 2. The fraction of sp³-hybridized carbons (Fsp3) is 0.286. The molecule has 0 saturated heterocycles. The summed E-state index contributed by atoms with van der Waals surface area (Å²) in [6.45, 7) is 6.56. The summed E-state index contributed by atoms with van der Waals surface area (Å²) in [7, 11) is 0.